The molecule has 142 valence electrons. The zero-order valence-corrected chi connectivity index (χ0v) is 15.4. The molecule has 1 aromatic heterocycles. The van der Waals surface area contributed by atoms with E-state index in [1.54, 1.807) is 18.5 Å². The van der Waals surface area contributed by atoms with Crippen molar-refractivity contribution in [1.29, 1.82) is 0 Å². The fourth-order valence-corrected chi connectivity index (χ4v) is 4.05. The minimum absolute atomic E-state index is 0.267. The van der Waals surface area contributed by atoms with Crippen LogP contribution in [0, 0.1) is 17.6 Å². The lowest BCUT2D eigenvalue weighted by molar-refractivity contribution is 0.333. The smallest absolute Gasteiger partial charge is 0.131 e. The molecule has 0 atom stereocenters. The van der Waals surface area contributed by atoms with E-state index in [0.717, 1.165) is 29.9 Å². The van der Waals surface area contributed by atoms with Crippen molar-refractivity contribution in [2.45, 2.75) is 45.1 Å². The zero-order valence-electron chi connectivity index (χ0n) is 15.4. The third-order valence-electron chi connectivity index (χ3n) is 5.64. The first kappa shape index (κ1) is 18.1. The lowest BCUT2D eigenvalue weighted by Crippen LogP contribution is -2.19. The summed E-state index contributed by atoms with van der Waals surface area (Å²) in [6.07, 6.45) is 9.33. The van der Waals surface area contributed by atoms with Crippen molar-refractivity contribution >= 4 is 11.0 Å². The van der Waals surface area contributed by atoms with Gasteiger partial charge in [0.2, 0.25) is 0 Å². The second-order valence-electron chi connectivity index (χ2n) is 7.53. The van der Waals surface area contributed by atoms with Gasteiger partial charge in [-0.3, -0.25) is 0 Å². The number of nitrogens with zero attached hydrogens (tertiary/aromatic N) is 1. The molecule has 2 N–H and O–H groups in total. The molecular formula is C22H25F2N3. The van der Waals surface area contributed by atoms with Gasteiger partial charge in [0.25, 0.3) is 0 Å². The van der Waals surface area contributed by atoms with Gasteiger partial charge in [-0.2, -0.15) is 0 Å². The summed E-state index contributed by atoms with van der Waals surface area (Å²) in [5.74, 6) is 0.00113. The standard InChI is InChI=1S/C22H25F2N3/c23-19-12-18(16-6-7-21-22(11-16)27-14-26-21)20(24)10-17(19)13-25-9-8-15-4-2-1-3-5-15/h6-7,10-12,14-15,25H,1-5,8-9,13H2,(H,26,27). The number of aromatic nitrogens is 2. The molecule has 0 radical (unpaired) electrons. The summed E-state index contributed by atoms with van der Waals surface area (Å²) in [7, 11) is 0. The highest BCUT2D eigenvalue weighted by atomic mass is 19.1. The second kappa shape index (κ2) is 8.17. The van der Waals surface area contributed by atoms with Crippen LogP contribution in [0.15, 0.2) is 36.7 Å². The van der Waals surface area contributed by atoms with Gasteiger partial charge in [-0.1, -0.05) is 38.2 Å². The Kier molecular flexibility index (Phi) is 5.48. The monoisotopic (exact) mass is 369 g/mol. The highest BCUT2D eigenvalue weighted by Crippen LogP contribution is 2.28. The Hall–Kier alpha value is -2.27. The van der Waals surface area contributed by atoms with Gasteiger partial charge >= 0.3 is 0 Å². The van der Waals surface area contributed by atoms with Crippen molar-refractivity contribution in [3.63, 3.8) is 0 Å². The minimum atomic E-state index is -0.407. The first-order valence-corrected chi connectivity index (χ1v) is 9.83. The third-order valence-corrected chi connectivity index (χ3v) is 5.64. The molecular weight excluding hydrogens is 344 g/mol. The fraction of sp³-hybridized carbons (Fsp3) is 0.409. The number of nitrogens with one attached hydrogen (secondary N) is 2. The van der Waals surface area contributed by atoms with Gasteiger partial charge in [-0.05, 0) is 48.7 Å². The van der Waals surface area contributed by atoms with Crippen LogP contribution in [0.1, 0.15) is 44.1 Å². The summed E-state index contributed by atoms with van der Waals surface area (Å²) in [4.78, 5) is 7.18. The summed E-state index contributed by atoms with van der Waals surface area (Å²) in [5.41, 5.74) is 2.88. The molecule has 5 heteroatoms. The van der Waals surface area contributed by atoms with Crippen LogP contribution in [-0.2, 0) is 6.54 Å². The molecule has 3 aromatic rings. The molecule has 1 aliphatic rings. The Morgan fingerprint density at radius 2 is 1.89 bits per heavy atom. The Labute approximate surface area is 158 Å². The minimum Gasteiger partial charge on any atom is -0.345 e. The van der Waals surface area contributed by atoms with Crippen molar-refractivity contribution in [2.24, 2.45) is 5.92 Å². The molecule has 0 spiro atoms. The van der Waals surface area contributed by atoms with Crippen molar-refractivity contribution < 1.29 is 8.78 Å². The van der Waals surface area contributed by atoms with E-state index in [-0.39, 0.29) is 11.4 Å². The molecule has 1 aliphatic carbocycles. The molecule has 27 heavy (non-hydrogen) atoms. The van der Waals surface area contributed by atoms with E-state index in [9.17, 15) is 8.78 Å². The van der Waals surface area contributed by atoms with Gasteiger partial charge in [-0.15, -0.1) is 0 Å². The van der Waals surface area contributed by atoms with E-state index in [4.69, 9.17) is 0 Å². The summed E-state index contributed by atoms with van der Waals surface area (Å²) in [6, 6.07) is 7.98. The molecule has 4 rings (SSSR count). The van der Waals surface area contributed by atoms with E-state index in [1.165, 1.54) is 44.2 Å². The molecule has 3 nitrogen and oxygen atoms in total. The first-order chi connectivity index (χ1) is 13.2. The van der Waals surface area contributed by atoms with Gasteiger partial charge in [-0.25, -0.2) is 13.8 Å². The summed E-state index contributed by atoms with van der Waals surface area (Å²) in [5, 5.41) is 3.28. The maximum Gasteiger partial charge on any atom is 0.131 e. The Bertz CT molecular complexity index is 913. The molecule has 0 bridgehead atoms. The Balaban J connectivity index is 1.41. The van der Waals surface area contributed by atoms with Gasteiger partial charge in [0, 0.05) is 17.7 Å². The van der Waals surface area contributed by atoms with Crippen LogP contribution in [0.5, 0.6) is 0 Å². The maximum absolute atomic E-state index is 14.6. The van der Waals surface area contributed by atoms with Crippen LogP contribution in [0.3, 0.4) is 0 Å². The normalized spacial score (nSPS) is 15.5. The van der Waals surface area contributed by atoms with Crippen LogP contribution >= 0.6 is 0 Å². The number of hydrogen-bond acceptors (Lipinski definition) is 2. The molecule has 0 aliphatic heterocycles. The number of benzene rings is 2. The maximum atomic E-state index is 14.6. The topological polar surface area (TPSA) is 40.7 Å². The average Bonchev–Trinajstić information content (AvgIpc) is 3.16. The average molecular weight is 369 g/mol. The van der Waals surface area contributed by atoms with Crippen LogP contribution in [0.4, 0.5) is 8.78 Å². The van der Waals surface area contributed by atoms with Gasteiger partial charge < -0.3 is 10.3 Å². The number of H-pyrrole nitrogens is 1. The van der Waals surface area contributed by atoms with E-state index in [2.05, 4.69) is 15.3 Å². The summed E-state index contributed by atoms with van der Waals surface area (Å²) in [6.45, 7) is 1.21. The number of aromatic amines is 1. The number of rotatable bonds is 6. The second-order valence-corrected chi connectivity index (χ2v) is 7.53. The number of fused-ring (bicyclic) bond motifs is 1. The van der Waals surface area contributed by atoms with Crippen molar-refractivity contribution in [3.05, 3.63) is 53.9 Å². The Morgan fingerprint density at radius 3 is 2.74 bits per heavy atom. The quantitative estimate of drug-likeness (QED) is 0.558. The van der Waals surface area contributed by atoms with Crippen molar-refractivity contribution in [1.82, 2.24) is 15.3 Å². The largest absolute Gasteiger partial charge is 0.345 e. The lowest BCUT2D eigenvalue weighted by atomic mass is 9.87. The first-order valence-electron chi connectivity index (χ1n) is 9.83. The predicted molar refractivity (Wildman–Crippen MR) is 104 cm³/mol. The molecule has 0 amide bonds. The van der Waals surface area contributed by atoms with Gasteiger partial charge in [0.1, 0.15) is 11.6 Å². The summed E-state index contributed by atoms with van der Waals surface area (Å²) >= 11 is 0. The highest BCUT2D eigenvalue weighted by molar-refractivity contribution is 5.81. The van der Waals surface area contributed by atoms with Crippen LogP contribution in [0.25, 0.3) is 22.2 Å². The van der Waals surface area contributed by atoms with Crippen LogP contribution in [0.2, 0.25) is 0 Å². The van der Waals surface area contributed by atoms with E-state index < -0.39 is 5.82 Å². The highest BCUT2D eigenvalue weighted by Gasteiger charge is 2.14. The SMILES string of the molecule is Fc1cc(-c2ccc3[nH]cnc3c2)c(F)cc1CNCCC1CCCCC1. The lowest BCUT2D eigenvalue weighted by Gasteiger charge is -2.21. The molecule has 0 saturated heterocycles. The number of halogens is 2. The van der Waals surface area contributed by atoms with Gasteiger partial charge in [0.15, 0.2) is 0 Å². The fourth-order valence-electron chi connectivity index (χ4n) is 4.05. The molecule has 2 aromatic carbocycles. The van der Waals surface area contributed by atoms with Crippen LogP contribution in [-0.4, -0.2) is 16.5 Å². The number of imidazole rings is 1. The molecule has 0 unspecified atom stereocenters. The van der Waals surface area contributed by atoms with E-state index in [1.807, 2.05) is 6.07 Å². The molecule has 1 fully saturated rings. The van der Waals surface area contributed by atoms with E-state index in [0.29, 0.717) is 17.7 Å². The zero-order chi connectivity index (χ0) is 18.6. The predicted octanol–water partition coefficient (Wildman–Crippen LogP) is 5.57. The third kappa shape index (κ3) is 4.19. The molecule has 1 saturated carbocycles. The molecule has 1 heterocycles. The van der Waals surface area contributed by atoms with Crippen LogP contribution < -0.4 is 5.32 Å². The van der Waals surface area contributed by atoms with Crippen molar-refractivity contribution in [2.75, 3.05) is 6.54 Å². The Morgan fingerprint density at radius 1 is 1.04 bits per heavy atom. The van der Waals surface area contributed by atoms with E-state index >= 15 is 0 Å². The number of hydrogen-bond donors (Lipinski definition) is 2. The summed E-state index contributed by atoms with van der Waals surface area (Å²) < 4.78 is 29.1. The van der Waals surface area contributed by atoms with Gasteiger partial charge in [0.05, 0.1) is 17.4 Å². The van der Waals surface area contributed by atoms with Crippen molar-refractivity contribution in [3.8, 4) is 11.1 Å².